The van der Waals surface area contributed by atoms with Crippen LogP contribution in [0.3, 0.4) is 0 Å². The van der Waals surface area contributed by atoms with Gasteiger partial charge in [-0.1, -0.05) is 6.92 Å². The van der Waals surface area contributed by atoms with E-state index in [4.69, 9.17) is 0 Å². The molecule has 2 N–H and O–H groups in total. The third-order valence-electron chi connectivity index (χ3n) is 2.90. The predicted octanol–water partition coefficient (Wildman–Crippen LogP) is 0.920. The minimum atomic E-state index is -0.334. The van der Waals surface area contributed by atoms with Crippen LogP contribution in [0.1, 0.15) is 25.4 Å². The lowest BCUT2D eigenvalue weighted by Gasteiger charge is -2.12. The minimum Gasteiger partial charge on any atom is -0.335 e. The van der Waals surface area contributed by atoms with Crippen molar-refractivity contribution in [2.45, 2.75) is 32.7 Å². The van der Waals surface area contributed by atoms with E-state index < -0.39 is 0 Å². The molecule has 112 valence electrons. The molecule has 8 nitrogen and oxygen atoms in total. The van der Waals surface area contributed by atoms with E-state index in [0.717, 1.165) is 17.9 Å². The number of rotatable bonds is 5. The zero-order chi connectivity index (χ0) is 15.2. The highest BCUT2D eigenvalue weighted by molar-refractivity contribution is 5.87. The number of nitrogens with zero attached hydrogens (tertiary/aromatic N) is 5. The number of aryl methyl sites for hydroxylation is 2. The van der Waals surface area contributed by atoms with Gasteiger partial charge in [-0.2, -0.15) is 4.98 Å². The molecule has 0 aliphatic heterocycles. The summed E-state index contributed by atoms with van der Waals surface area (Å²) in [6.07, 6.45) is 6.30. The van der Waals surface area contributed by atoms with Gasteiger partial charge in [0.2, 0.25) is 5.95 Å². The van der Waals surface area contributed by atoms with Crippen LogP contribution in [0.4, 0.5) is 10.7 Å². The van der Waals surface area contributed by atoms with Crippen LogP contribution < -0.4 is 10.6 Å². The summed E-state index contributed by atoms with van der Waals surface area (Å²) < 4.78 is 1.65. The summed E-state index contributed by atoms with van der Waals surface area (Å²) in [4.78, 5) is 24.3. The molecule has 2 heterocycles. The van der Waals surface area contributed by atoms with Gasteiger partial charge in [-0.05, 0) is 6.92 Å². The molecule has 0 bridgehead atoms. The number of aromatic nitrogens is 5. The molecule has 2 aromatic rings. The summed E-state index contributed by atoms with van der Waals surface area (Å²) in [6.45, 7) is 3.88. The lowest BCUT2D eigenvalue weighted by atomic mass is 10.2. The van der Waals surface area contributed by atoms with Gasteiger partial charge in [0, 0.05) is 44.5 Å². The van der Waals surface area contributed by atoms with Crippen LogP contribution in [0.15, 0.2) is 18.6 Å². The van der Waals surface area contributed by atoms with Crippen LogP contribution in [0.25, 0.3) is 0 Å². The Morgan fingerprint density at radius 3 is 2.86 bits per heavy atom. The molecule has 0 unspecified atom stereocenters. The number of nitrogens with one attached hydrogen (secondary N) is 2. The van der Waals surface area contributed by atoms with Crippen molar-refractivity contribution in [2.24, 2.45) is 7.05 Å². The van der Waals surface area contributed by atoms with Crippen molar-refractivity contribution in [1.82, 2.24) is 30.0 Å². The van der Waals surface area contributed by atoms with Gasteiger partial charge in [0.05, 0.1) is 5.69 Å². The normalized spacial score (nSPS) is 12.0. The van der Waals surface area contributed by atoms with Crippen molar-refractivity contribution in [3.05, 3.63) is 30.1 Å². The first-order valence-electron chi connectivity index (χ1n) is 6.80. The van der Waals surface area contributed by atoms with Crippen LogP contribution in [0.2, 0.25) is 0 Å². The van der Waals surface area contributed by atoms with E-state index in [2.05, 4.69) is 30.7 Å². The second-order valence-electron chi connectivity index (χ2n) is 4.73. The maximum absolute atomic E-state index is 11.9. The molecule has 21 heavy (non-hydrogen) atoms. The molecule has 2 aromatic heterocycles. The van der Waals surface area contributed by atoms with Gasteiger partial charge < -0.3 is 5.32 Å². The molecule has 0 saturated heterocycles. The zero-order valence-corrected chi connectivity index (χ0v) is 12.4. The van der Waals surface area contributed by atoms with Crippen LogP contribution in [-0.2, 0) is 19.9 Å². The Balaban J connectivity index is 1.86. The van der Waals surface area contributed by atoms with Gasteiger partial charge in [-0.15, -0.1) is 5.10 Å². The maximum Gasteiger partial charge on any atom is 0.321 e. The molecule has 0 aliphatic rings. The fourth-order valence-corrected chi connectivity index (χ4v) is 1.94. The summed E-state index contributed by atoms with van der Waals surface area (Å²) in [5.74, 6) is 1.12. The molecule has 0 saturated carbocycles. The van der Waals surface area contributed by atoms with Gasteiger partial charge in [0.25, 0.3) is 0 Å². The largest absolute Gasteiger partial charge is 0.335 e. The molecule has 0 aliphatic carbocycles. The highest BCUT2D eigenvalue weighted by Crippen LogP contribution is 2.03. The Bertz CT molecular complexity index is 596. The monoisotopic (exact) mass is 289 g/mol. The number of amides is 2. The number of carbonyl (C=O) groups excluding carboxylic acids is 1. The first-order chi connectivity index (χ1) is 10.1. The summed E-state index contributed by atoms with van der Waals surface area (Å²) in [5.41, 5.74) is 0.828. The number of hydrogen-bond donors (Lipinski definition) is 2. The Kier molecular flexibility index (Phi) is 4.81. The summed E-state index contributed by atoms with van der Waals surface area (Å²) in [7, 11) is 1.80. The highest BCUT2D eigenvalue weighted by atomic mass is 16.2. The summed E-state index contributed by atoms with van der Waals surface area (Å²) in [6, 6.07) is -0.407. The van der Waals surface area contributed by atoms with Crippen LogP contribution in [-0.4, -0.2) is 36.8 Å². The molecule has 0 aromatic carbocycles. The summed E-state index contributed by atoms with van der Waals surface area (Å²) >= 11 is 0. The Labute approximate surface area is 123 Å². The average molecular weight is 289 g/mol. The molecule has 0 spiro atoms. The quantitative estimate of drug-likeness (QED) is 0.853. The van der Waals surface area contributed by atoms with Gasteiger partial charge in [0.1, 0.15) is 5.82 Å². The Hall–Kier alpha value is -2.51. The molecule has 2 rings (SSSR count). The smallest absolute Gasteiger partial charge is 0.321 e. The molecular formula is C13H19N7O. The van der Waals surface area contributed by atoms with Crippen molar-refractivity contribution >= 4 is 12.0 Å². The maximum atomic E-state index is 11.9. The van der Waals surface area contributed by atoms with E-state index in [-0.39, 0.29) is 12.1 Å². The zero-order valence-electron chi connectivity index (χ0n) is 12.4. The standard InChI is InChI=1S/C13H19N7O/c1-4-11-17-12(19-20(11)3)18-13(21)16-9(2)7-10-8-14-5-6-15-10/h5-6,8-9H,4,7H2,1-3H3,(H2,16,18,19,21)/t9-/m1/s1. The fourth-order valence-electron chi connectivity index (χ4n) is 1.94. The van der Waals surface area contributed by atoms with Gasteiger partial charge in [-0.25, -0.2) is 4.79 Å². The van der Waals surface area contributed by atoms with Crippen molar-refractivity contribution in [1.29, 1.82) is 0 Å². The van der Waals surface area contributed by atoms with E-state index in [9.17, 15) is 4.79 Å². The van der Waals surface area contributed by atoms with E-state index >= 15 is 0 Å². The van der Waals surface area contributed by atoms with Crippen LogP contribution in [0.5, 0.6) is 0 Å². The second kappa shape index (κ2) is 6.78. The first-order valence-corrected chi connectivity index (χ1v) is 6.80. The third kappa shape index (κ3) is 4.23. The fraction of sp³-hybridized carbons (Fsp3) is 0.462. The van der Waals surface area contributed by atoms with Crippen molar-refractivity contribution in [3.8, 4) is 0 Å². The van der Waals surface area contributed by atoms with Crippen LogP contribution in [0, 0.1) is 0 Å². The number of urea groups is 1. The number of carbonyl (C=O) groups is 1. The molecule has 0 radical (unpaired) electrons. The predicted molar refractivity (Wildman–Crippen MR) is 77.7 cm³/mol. The first kappa shape index (κ1) is 14.9. The topological polar surface area (TPSA) is 97.6 Å². The molecule has 8 heteroatoms. The molecule has 2 amide bonds. The Morgan fingerprint density at radius 1 is 1.43 bits per heavy atom. The van der Waals surface area contributed by atoms with Crippen LogP contribution >= 0.6 is 0 Å². The number of anilines is 1. The van der Waals surface area contributed by atoms with Gasteiger partial charge in [0.15, 0.2) is 0 Å². The molecule has 0 fully saturated rings. The SMILES string of the molecule is CCc1nc(NC(=O)N[C@H](C)Cc2cnccn2)nn1C. The van der Waals surface area contributed by atoms with Crippen molar-refractivity contribution in [3.63, 3.8) is 0 Å². The van der Waals surface area contributed by atoms with E-state index in [0.29, 0.717) is 12.4 Å². The second-order valence-corrected chi connectivity index (χ2v) is 4.73. The van der Waals surface area contributed by atoms with E-state index in [1.165, 1.54) is 0 Å². The lowest BCUT2D eigenvalue weighted by molar-refractivity contribution is 0.249. The van der Waals surface area contributed by atoms with Gasteiger partial charge in [-0.3, -0.25) is 20.0 Å². The van der Waals surface area contributed by atoms with Crippen molar-refractivity contribution < 1.29 is 4.79 Å². The highest BCUT2D eigenvalue weighted by Gasteiger charge is 2.12. The van der Waals surface area contributed by atoms with Crippen molar-refractivity contribution in [2.75, 3.05) is 5.32 Å². The summed E-state index contributed by atoms with van der Waals surface area (Å²) in [5, 5.41) is 9.57. The average Bonchev–Trinajstić information content (AvgIpc) is 2.79. The Morgan fingerprint density at radius 2 is 2.24 bits per heavy atom. The minimum absolute atomic E-state index is 0.0731. The third-order valence-corrected chi connectivity index (χ3v) is 2.90. The number of hydrogen-bond acceptors (Lipinski definition) is 5. The van der Waals surface area contributed by atoms with E-state index in [1.54, 1.807) is 30.3 Å². The van der Waals surface area contributed by atoms with Gasteiger partial charge >= 0.3 is 6.03 Å². The molecule has 1 atom stereocenters. The van der Waals surface area contributed by atoms with E-state index in [1.807, 2.05) is 13.8 Å². The lowest BCUT2D eigenvalue weighted by Crippen LogP contribution is -2.37. The molecular weight excluding hydrogens is 270 g/mol.